The van der Waals surface area contributed by atoms with E-state index in [9.17, 15) is 9.59 Å². The fourth-order valence-electron chi connectivity index (χ4n) is 1.73. The van der Waals surface area contributed by atoms with Crippen molar-refractivity contribution in [2.75, 3.05) is 0 Å². The van der Waals surface area contributed by atoms with Crippen molar-refractivity contribution in [2.45, 2.75) is 13.3 Å². The van der Waals surface area contributed by atoms with Crippen LogP contribution in [0.4, 0.5) is 9.59 Å². The van der Waals surface area contributed by atoms with E-state index in [1.165, 1.54) is 25.8 Å². The molecule has 0 saturated heterocycles. The maximum atomic E-state index is 11.3. The Morgan fingerprint density at radius 3 is 1.10 bits per heavy atom. The number of hydrogen-bond acceptors (Lipinski definition) is 8. The molecular weight excluding hydrogens is 867 g/mol. The average molecular weight is 887 g/mol. The summed E-state index contributed by atoms with van der Waals surface area (Å²) in [4.78, 5) is 56.9. The van der Waals surface area contributed by atoms with Crippen LogP contribution in [0, 0.1) is 0 Å². The van der Waals surface area contributed by atoms with E-state index in [1.54, 1.807) is 79.1 Å². The first-order chi connectivity index (χ1) is 17.3. The van der Waals surface area contributed by atoms with E-state index in [2.05, 4.69) is 23.2 Å². The van der Waals surface area contributed by atoms with Crippen LogP contribution in [0.3, 0.4) is 0 Å². The first kappa shape index (κ1) is 52.9. The van der Waals surface area contributed by atoms with Gasteiger partial charge < -0.3 is 28.7 Å². The topological polar surface area (TPSA) is 121 Å². The summed E-state index contributed by atoms with van der Waals surface area (Å²) in [5, 5.41) is 0. The quantitative estimate of drug-likeness (QED) is 0.105. The van der Waals surface area contributed by atoms with Crippen molar-refractivity contribution in [1.29, 1.82) is 0 Å². The summed E-state index contributed by atoms with van der Waals surface area (Å²) < 4.78 is 9.03. The molecule has 40 heavy (non-hydrogen) atoms. The molecule has 0 aliphatic heterocycles. The van der Waals surface area contributed by atoms with Gasteiger partial charge in [0, 0.05) is 131 Å². The molecule has 3 rings (SSSR count). The Labute approximate surface area is 344 Å². The second kappa shape index (κ2) is 41.4. The van der Waals surface area contributed by atoms with Crippen LogP contribution in [0.2, 0.25) is 0 Å². The Morgan fingerprint density at radius 1 is 0.625 bits per heavy atom. The second-order valence-corrected chi connectivity index (χ2v) is 6.32. The van der Waals surface area contributed by atoms with Crippen molar-refractivity contribution in [1.82, 2.24) is 0 Å². The third-order valence-electron chi connectivity index (χ3n) is 2.92. The molecule has 0 heterocycles. The van der Waals surface area contributed by atoms with E-state index in [-0.39, 0.29) is 137 Å². The van der Waals surface area contributed by atoms with Crippen LogP contribution in [0.15, 0.2) is 91.0 Å². The van der Waals surface area contributed by atoms with Gasteiger partial charge in [-0.1, -0.05) is 42.5 Å². The molecule has 4 radical (unpaired) electrons. The van der Waals surface area contributed by atoms with Gasteiger partial charge in [-0.15, -0.1) is 12.1 Å². The molecule has 0 aromatic heterocycles. The number of rotatable bonds is 5. The van der Waals surface area contributed by atoms with Gasteiger partial charge in [0.2, 0.25) is 0 Å². The van der Waals surface area contributed by atoms with Crippen molar-refractivity contribution < 1.29 is 169 Å². The summed E-state index contributed by atoms with van der Waals surface area (Å²) in [6, 6.07) is 26.5. The summed E-state index contributed by atoms with van der Waals surface area (Å²) >= 11 is 8.80. The first-order valence-electron chi connectivity index (χ1n) is 9.61. The number of benzene rings is 3. The van der Waals surface area contributed by atoms with Gasteiger partial charge in [-0.25, -0.2) is 4.79 Å². The normalized spacial score (nSPS) is 7.28. The molecule has 3 aromatic carbocycles. The predicted molar refractivity (Wildman–Crippen MR) is 135 cm³/mol. The van der Waals surface area contributed by atoms with E-state index < -0.39 is 10.9 Å². The number of carbonyl (C=O) groups is 2. The van der Waals surface area contributed by atoms with Crippen LogP contribution in [-0.2, 0) is 150 Å². The summed E-state index contributed by atoms with van der Waals surface area (Å²) in [6.45, 7) is 1.32. The van der Waals surface area contributed by atoms with Gasteiger partial charge >= 0.3 is 10.9 Å². The summed E-state index contributed by atoms with van der Waals surface area (Å²) in [6.07, 6.45) is 5.00. The Bertz CT molecular complexity index is 963. The van der Waals surface area contributed by atoms with Gasteiger partial charge in [0.1, 0.15) is 11.5 Å². The molecule has 0 fully saturated rings. The van der Waals surface area contributed by atoms with Gasteiger partial charge in [-0.05, 0) is 47.5 Å². The molecule has 0 N–H and O–H groups in total. The zero-order chi connectivity index (χ0) is 27.4. The van der Waals surface area contributed by atoms with Gasteiger partial charge in [-0.3, -0.25) is 30.1 Å². The fraction of sp³-hybridized carbons (Fsp3) is 0.0769. The zero-order valence-electron chi connectivity index (χ0n) is 21.2. The molecule has 14 heteroatoms. The molecule has 0 unspecified atom stereocenters. The van der Waals surface area contributed by atoms with E-state index in [0.29, 0.717) is 17.1 Å². The third kappa shape index (κ3) is 40.4. The molecule has 8 nitrogen and oxygen atoms in total. The van der Waals surface area contributed by atoms with Crippen molar-refractivity contribution >= 4 is 59.2 Å². The smallest absolute Gasteiger partial charge is 0.519 e. The Balaban J connectivity index is -0.000000103. The van der Waals surface area contributed by atoms with Crippen LogP contribution in [-0.4, -0.2) is 36.0 Å². The minimum absolute atomic E-state index is 0. The van der Waals surface area contributed by atoms with Crippen molar-refractivity contribution in [3.63, 3.8) is 0 Å². The van der Waals surface area contributed by atoms with Crippen LogP contribution in [0.25, 0.3) is 0 Å². The van der Waals surface area contributed by atoms with Gasteiger partial charge in [-0.2, -0.15) is 24.6 Å². The summed E-state index contributed by atoms with van der Waals surface area (Å²) in [5.74, 6) is 0.923. The first-order valence-corrected chi connectivity index (χ1v) is 10.4. The molecule has 0 aliphatic rings. The number of halogens is 2. The Morgan fingerprint density at radius 2 is 0.900 bits per heavy atom. The molecule has 3 aromatic rings. The minimum atomic E-state index is -0.889. The second-order valence-electron chi connectivity index (χ2n) is 5.44. The molecule has 0 bridgehead atoms. The number of para-hydroxylation sites is 2. The van der Waals surface area contributed by atoms with E-state index in [1.807, 2.05) is 18.2 Å². The van der Waals surface area contributed by atoms with Crippen LogP contribution in [0.5, 0.6) is 11.5 Å². The van der Waals surface area contributed by atoms with Gasteiger partial charge in [0.25, 0.3) is 0 Å². The van der Waals surface area contributed by atoms with E-state index in [0.717, 1.165) is 0 Å². The maximum absolute atomic E-state index is 11.3. The number of hydrogen-bond donors (Lipinski definition) is 0. The predicted octanol–water partition coefficient (Wildman–Crippen LogP) is 5.69. The number of ether oxygens (including phenoxy) is 2. The molecule has 0 amide bonds. The molecule has 0 atom stereocenters. The summed E-state index contributed by atoms with van der Waals surface area (Å²) in [7, 11) is 0. The van der Waals surface area contributed by atoms with Crippen LogP contribution >= 0.6 is 23.2 Å². The third-order valence-corrected chi connectivity index (χ3v) is 2.92. The fourth-order valence-corrected chi connectivity index (χ4v) is 1.73. The van der Waals surface area contributed by atoms with Gasteiger partial charge in [0.15, 0.2) is 0 Å². The molecule has 0 saturated carbocycles. The molecular formula is C26H20Cl2O8Y4-4. The Kier molecular flexibility index (Phi) is 54.7. The van der Waals surface area contributed by atoms with Crippen LogP contribution in [0.1, 0.15) is 18.9 Å². The van der Waals surface area contributed by atoms with Crippen molar-refractivity contribution in [3.8, 4) is 11.5 Å². The van der Waals surface area contributed by atoms with E-state index in [4.69, 9.17) is 28.7 Å². The van der Waals surface area contributed by atoms with Crippen molar-refractivity contribution in [3.05, 3.63) is 96.6 Å². The summed E-state index contributed by atoms with van der Waals surface area (Å²) in [5.41, 5.74) is 0.604. The maximum Gasteiger partial charge on any atom is 0.519 e. The molecule has 0 aliphatic carbocycles. The monoisotopic (exact) mass is 886 g/mol. The van der Waals surface area contributed by atoms with Gasteiger partial charge in [0.05, 0.1) is 6.29 Å². The Hall–Kier alpha value is 0.276. The average Bonchev–Trinajstić information content (AvgIpc) is 2.87. The van der Waals surface area contributed by atoms with E-state index >= 15 is 0 Å². The van der Waals surface area contributed by atoms with Crippen LogP contribution < -0.4 is 9.47 Å². The number of carbonyl (C=O) groups excluding carboxylic acids is 6. The minimum Gasteiger partial charge on any atom is -0.544 e. The molecule has 0 spiro atoms. The SMILES string of the molecule is C[C-]=O.O=C(Cl)Cl.O=C(Oc1ccccc1)Oc1ccccc1.O=[C-]C[C-]=O.O=[C-]c1ccccc1.[Y].[Y].[Y].[Y]. The van der Waals surface area contributed by atoms with Crippen molar-refractivity contribution in [2.24, 2.45) is 0 Å². The largest absolute Gasteiger partial charge is 0.544 e. The molecule has 202 valence electrons. The zero-order valence-corrected chi connectivity index (χ0v) is 34.1. The standard InChI is InChI=1S/C13H10O3.C7H5O.C3H2O2.C2H3O.CCl2O.4Y/c14-13(15-11-7-3-1-4-8-11)16-12-9-5-2-6-10-12;8-6-7-4-2-1-3-5-7;4-2-1-3-5;1-2-3;2-1(3)4;;;;/h1-10H;1-5H;1H2;1H3;;;;;/q;-1;-2;-1;;;;;.